The van der Waals surface area contributed by atoms with Crippen molar-refractivity contribution in [2.24, 2.45) is 5.84 Å². The lowest BCUT2D eigenvalue weighted by molar-refractivity contribution is 0.789. The number of hydrazine groups is 1. The minimum atomic E-state index is 0.336. The van der Waals surface area contributed by atoms with Crippen molar-refractivity contribution in [2.45, 2.75) is 27.7 Å². The molecule has 0 spiro atoms. The fraction of sp³-hybridized carbons (Fsp3) is 0.500. The Morgan fingerprint density at radius 3 is 2.40 bits per heavy atom. The second-order valence-corrected chi connectivity index (χ2v) is 4.36. The van der Waals surface area contributed by atoms with Crippen molar-refractivity contribution in [1.82, 2.24) is 24.5 Å². The van der Waals surface area contributed by atoms with Gasteiger partial charge in [-0.3, -0.25) is 9.99 Å². The van der Waals surface area contributed by atoms with Crippen LogP contribution in [0, 0.1) is 13.8 Å². The maximum Gasteiger partial charge on any atom is 0.243 e. The van der Waals surface area contributed by atoms with Gasteiger partial charge in [0, 0.05) is 18.8 Å². The molecule has 8 nitrogen and oxygen atoms in total. The van der Waals surface area contributed by atoms with Crippen molar-refractivity contribution in [3.05, 3.63) is 17.7 Å². The van der Waals surface area contributed by atoms with Crippen LogP contribution >= 0.6 is 0 Å². The molecule has 2 rings (SSSR count). The largest absolute Gasteiger partial charge is 0.341 e. The molecule has 8 heteroatoms. The van der Waals surface area contributed by atoms with Gasteiger partial charge < -0.3 is 4.90 Å². The SMILES string of the molecule is CCN(CC)c1nc(NN)nc(-n2cnc(C)c2C)n1. The summed E-state index contributed by atoms with van der Waals surface area (Å²) in [5.74, 6) is 6.88. The highest BCUT2D eigenvalue weighted by Gasteiger charge is 2.13. The van der Waals surface area contributed by atoms with Crippen LogP contribution in [0.4, 0.5) is 11.9 Å². The molecule has 20 heavy (non-hydrogen) atoms. The first-order chi connectivity index (χ1) is 9.60. The molecule has 0 aliphatic rings. The zero-order chi connectivity index (χ0) is 14.7. The molecule has 0 saturated heterocycles. The summed E-state index contributed by atoms with van der Waals surface area (Å²) >= 11 is 0. The lowest BCUT2D eigenvalue weighted by atomic mass is 10.4. The van der Waals surface area contributed by atoms with Crippen molar-refractivity contribution in [3.8, 4) is 5.95 Å². The lowest BCUT2D eigenvalue weighted by Crippen LogP contribution is -2.26. The van der Waals surface area contributed by atoms with Gasteiger partial charge in [-0.05, 0) is 27.7 Å². The third-order valence-corrected chi connectivity index (χ3v) is 3.25. The van der Waals surface area contributed by atoms with E-state index in [1.165, 1.54) is 0 Å². The Hall–Kier alpha value is -2.22. The Morgan fingerprint density at radius 1 is 1.20 bits per heavy atom. The second kappa shape index (κ2) is 5.83. The van der Waals surface area contributed by atoms with E-state index in [9.17, 15) is 0 Å². The Morgan fingerprint density at radius 2 is 1.90 bits per heavy atom. The van der Waals surface area contributed by atoms with E-state index < -0.39 is 0 Å². The van der Waals surface area contributed by atoms with Crippen molar-refractivity contribution >= 4 is 11.9 Å². The molecule has 2 aromatic heterocycles. The van der Waals surface area contributed by atoms with Crippen LogP contribution in [0.2, 0.25) is 0 Å². The number of rotatable bonds is 5. The monoisotopic (exact) mass is 276 g/mol. The van der Waals surface area contributed by atoms with E-state index >= 15 is 0 Å². The van der Waals surface area contributed by atoms with Crippen molar-refractivity contribution < 1.29 is 0 Å². The van der Waals surface area contributed by atoms with E-state index in [1.54, 1.807) is 6.33 Å². The summed E-state index contributed by atoms with van der Waals surface area (Å²) in [5, 5.41) is 0. The van der Waals surface area contributed by atoms with Gasteiger partial charge in [0.05, 0.1) is 5.69 Å². The molecule has 0 bridgehead atoms. The van der Waals surface area contributed by atoms with Gasteiger partial charge in [-0.1, -0.05) is 0 Å². The van der Waals surface area contributed by atoms with Gasteiger partial charge in [0.2, 0.25) is 17.8 Å². The van der Waals surface area contributed by atoms with E-state index in [2.05, 4.69) is 39.2 Å². The third kappa shape index (κ3) is 2.55. The number of nitrogen functional groups attached to an aromatic ring is 1. The zero-order valence-electron chi connectivity index (χ0n) is 12.3. The Kier molecular flexibility index (Phi) is 4.14. The molecule has 3 N–H and O–H groups in total. The van der Waals surface area contributed by atoms with Crippen LogP contribution in [0.1, 0.15) is 25.2 Å². The van der Waals surface area contributed by atoms with E-state index in [0.29, 0.717) is 17.8 Å². The van der Waals surface area contributed by atoms with E-state index in [0.717, 1.165) is 24.5 Å². The summed E-state index contributed by atoms with van der Waals surface area (Å²) in [7, 11) is 0. The average molecular weight is 276 g/mol. The van der Waals surface area contributed by atoms with Crippen LogP contribution in [-0.4, -0.2) is 37.6 Å². The number of nitrogens with one attached hydrogen (secondary N) is 1. The summed E-state index contributed by atoms with van der Waals surface area (Å²) < 4.78 is 1.82. The minimum absolute atomic E-state index is 0.336. The van der Waals surface area contributed by atoms with E-state index in [-0.39, 0.29) is 0 Å². The normalized spacial score (nSPS) is 10.7. The van der Waals surface area contributed by atoms with Gasteiger partial charge in [0.1, 0.15) is 6.33 Å². The molecule has 0 radical (unpaired) electrons. The van der Waals surface area contributed by atoms with Crippen molar-refractivity contribution in [1.29, 1.82) is 0 Å². The maximum absolute atomic E-state index is 5.45. The number of aryl methyl sites for hydroxylation is 1. The Balaban J connectivity index is 2.53. The van der Waals surface area contributed by atoms with Crippen LogP contribution < -0.4 is 16.2 Å². The molecule has 0 aliphatic heterocycles. The predicted molar refractivity (Wildman–Crippen MR) is 77.8 cm³/mol. The number of anilines is 2. The van der Waals surface area contributed by atoms with Gasteiger partial charge in [-0.15, -0.1) is 0 Å². The first-order valence-electron chi connectivity index (χ1n) is 6.59. The summed E-state index contributed by atoms with van der Waals surface area (Å²) in [5.41, 5.74) is 4.42. The van der Waals surface area contributed by atoms with E-state index in [1.807, 2.05) is 23.3 Å². The average Bonchev–Trinajstić information content (AvgIpc) is 2.80. The molecular formula is C12H20N8. The number of nitrogens with zero attached hydrogens (tertiary/aromatic N) is 6. The molecule has 0 unspecified atom stereocenters. The number of nitrogens with two attached hydrogens (primary N) is 1. The fourth-order valence-electron chi connectivity index (χ4n) is 1.87. The number of hydrogen-bond donors (Lipinski definition) is 2. The highest BCUT2D eigenvalue weighted by atomic mass is 15.4. The summed E-state index contributed by atoms with van der Waals surface area (Å²) in [6.07, 6.45) is 1.70. The molecular weight excluding hydrogens is 256 g/mol. The standard InChI is InChI=1S/C12H20N8/c1-5-19(6-2)11-15-10(18-13)16-12(17-11)20-7-14-8(3)9(20)4/h7H,5-6,13H2,1-4H3,(H,15,16,17,18). The number of hydrogen-bond acceptors (Lipinski definition) is 7. The van der Waals surface area contributed by atoms with Gasteiger partial charge in [-0.25, -0.2) is 10.8 Å². The van der Waals surface area contributed by atoms with Crippen LogP contribution in [0.25, 0.3) is 5.95 Å². The topological polar surface area (TPSA) is 97.8 Å². The first-order valence-corrected chi connectivity index (χ1v) is 6.59. The summed E-state index contributed by atoms with van der Waals surface area (Å²) in [4.78, 5) is 19.4. The number of aromatic nitrogens is 5. The third-order valence-electron chi connectivity index (χ3n) is 3.25. The molecule has 0 aliphatic carbocycles. The second-order valence-electron chi connectivity index (χ2n) is 4.36. The Labute approximate surface area is 118 Å². The highest BCUT2D eigenvalue weighted by molar-refractivity contribution is 5.40. The van der Waals surface area contributed by atoms with E-state index in [4.69, 9.17) is 5.84 Å². The molecule has 0 amide bonds. The van der Waals surface area contributed by atoms with Crippen molar-refractivity contribution in [2.75, 3.05) is 23.4 Å². The molecule has 0 saturated carbocycles. The zero-order valence-corrected chi connectivity index (χ0v) is 12.3. The van der Waals surface area contributed by atoms with Crippen LogP contribution in [-0.2, 0) is 0 Å². The van der Waals surface area contributed by atoms with Crippen LogP contribution in [0.3, 0.4) is 0 Å². The maximum atomic E-state index is 5.45. The quantitative estimate of drug-likeness (QED) is 0.616. The fourth-order valence-corrected chi connectivity index (χ4v) is 1.87. The lowest BCUT2D eigenvalue weighted by Gasteiger charge is -2.19. The molecule has 2 aromatic rings. The molecule has 108 valence electrons. The minimum Gasteiger partial charge on any atom is -0.341 e. The Bertz CT molecular complexity index is 587. The molecule has 0 fully saturated rings. The van der Waals surface area contributed by atoms with Gasteiger partial charge in [0.25, 0.3) is 0 Å². The van der Waals surface area contributed by atoms with Gasteiger partial charge in [-0.2, -0.15) is 15.0 Å². The van der Waals surface area contributed by atoms with Gasteiger partial charge in [0.15, 0.2) is 0 Å². The first kappa shape index (κ1) is 14.2. The number of imidazole rings is 1. The predicted octanol–water partition coefficient (Wildman–Crippen LogP) is 0.806. The summed E-state index contributed by atoms with van der Waals surface area (Å²) in [6, 6.07) is 0. The summed E-state index contributed by atoms with van der Waals surface area (Å²) in [6.45, 7) is 9.64. The molecule has 2 heterocycles. The smallest absolute Gasteiger partial charge is 0.243 e. The highest BCUT2D eigenvalue weighted by Crippen LogP contribution is 2.15. The molecule has 0 atom stereocenters. The molecule has 0 aromatic carbocycles. The van der Waals surface area contributed by atoms with Crippen molar-refractivity contribution in [3.63, 3.8) is 0 Å². The van der Waals surface area contributed by atoms with Gasteiger partial charge >= 0.3 is 0 Å². The van der Waals surface area contributed by atoms with Crippen LogP contribution in [0.15, 0.2) is 6.33 Å². The van der Waals surface area contributed by atoms with Crippen LogP contribution in [0.5, 0.6) is 0 Å².